The fraction of sp³-hybridized carbons (Fsp3) is 0.267. The lowest BCUT2D eigenvalue weighted by Crippen LogP contribution is -2.21. The SMILES string of the molecule is CNC(Cc1c(F)cccc1F)c1cccnc1C. The minimum atomic E-state index is -0.512. The first-order valence-corrected chi connectivity index (χ1v) is 6.15. The maximum absolute atomic E-state index is 13.7. The summed E-state index contributed by atoms with van der Waals surface area (Å²) < 4.78 is 27.4. The van der Waals surface area contributed by atoms with Crippen LogP contribution in [-0.2, 0) is 6.42 Å². The summed E-state index contributed by atoms with van der Waals surface area (Å²) in [6.45, 7) is 1.89. The zero-order chi connectivity index (χ0) is 13.8. The fourth-order valence-corrected chi connectivity index (χ4v) is 2.16. The molecule has 1 atom stereocenters. The number of aromatic nitrogens is 1. The minimum absolute atomic E-state index is 0.102. The zero-order valence-corrected chi connectivity index (χ0v) is 11.0. The molecule has 0 saturated carbocycles. The highest BCUT2D eigenvalue weighted by atomic mass is 19.1. The second kappa shape index (κ2) is 5.89. The molecule has 2 aromatic rings. The molecule has 4 heteroatoms. The van der Waals surface area contributed by atoms with Gasteiger partial charge in [-0.2, -0.15) is 0 Å². The molecular weight excluding hydrogens is 246 g/mol. The molecule has 2 rings (SSSR count). The summed E-state index contributed by atoms with van der Waals surface area (Å²) in [5.74, 6) is -1.02. The van der Waals surface area contributed by atoms with Crippen molar-refractivity contribution in [2.45, 2.75) is 19.4 Å². The fourth-order valence-electron chi connectivity index (χ4n) is 2.16. The Hall–Kier alpha value is -1.81. The van der Waals surface area contributed by atoms with Crippen molar-refractivity contribution in [1.82, 2.24) is 10.3 Å². The van der Waals surface area contributed by atoms with Crippen LogP contribution < -0.4 is 5.32 Å². The Morgan fingerprint density at radius 3 is 2.42 bits per heavy atom. The lowest BCUT2D eigenvalue weighted by atomic mass is 9.97. The molecule has 0 aliphatic rings. The van der Waals surface area contributed by atoms with E-state index in [1.165, 1.54) is 18.2 Å². The number of hydrogen-bond donors (Lipinski definition) is 1. The number of rotatable bonds is 4. The number of nitrogens with one attached hydrogen (secondary N) is 1. The van der Waals surface area contributed by atoms with Crippen molar-refractivity contribution in [1.29, 1.82) is 0 Å². The van der Waals surface area contributed by atoms with E-state index < -0.39 is 11.6 Å². The van der Waals surface area contributed by atoms with E-state index in [2.05, 4.69) is 10.3 Å². The monoisotopic (exact) mass is 262 g/mol. The van der Waals surface area contributed by atoms with E-state index in [1.807, 2.05) is 19.1 Å². The van der Waals surface area contributed by atoms with Gasteiger partial charge in [0, 0.05) is 23.5 Å². The summed E-state index contributed by atoms with van der Waals surface area (Å²) in [5.41, 5.74) is 1.91. The minimum Gasteiger partial charge on any atom is -0.313 e. The molecular formula is C15H16F2N2. The van der Waals surface area contributed by atoms with E-state index in [4.69, 9.17) is 0 Å². The van der Waals surface area contributed by atoms with Crippen molar-refractivity contribution >= 4 is 0 Å². The first-order valence-electron chi connectivity index (χ1n) is 6.15. The van der Waals surface area contributed by atoms with Crippen LogP contribution in [0.2, 0.25) is 0 Å². The summed E-state index contributed by atoms with van der Waals surface area (Å²) in [5, 5.41) is 3.09. The van der Waals surface area contributed by atoms with Crippen molar-refractivity contribution in [2.24, 2.45) is 0 Å². The first-order chi connectivity index (χ1) is 9.13. The molecule has 0 spiro atoms. The third kappa shape index (κ3) is 2.96. The van der Waals surface area contributed by atoms with Gasteiger partial charge < -0.3 is 5.32 Å². The zero-order valence-electron chi connectivity index (χ0n) is 11.0. The van der Waals surface area contributed by atoms with Crippen molar-refractivity contribution in [3.8, 4) is 0 Å². The normalized spacial score (nSPS) is 12.4. The number of aryl methyl sites for hydroxylation is 1. The van der Waals surface area contributed by atoms with Gasteiger partial charge in [0.05, 0.1) is 0 Å². The number of benzene rings is 1. The molecule has 1 aromatic carbocycles. The van der Waals surface area contributed by atoms with E-state index in [0.29, 0.717) is 0 Å². The number of likely N-dealkylation sites (N-methyl/N-ethyl adjacent to an activating group) is 1. The maximum atomic E-state index is 13.7. The predicted molar refractivity (Wildman–Crippen MR) is 70.8 cm³/mol. The molecule has 0 aliphatic carbocycles. The van der Waals surface area contributed by atoms with Crippen LogP contribution in [0.15, 0.2) is 36.5 Å². The van der Waals surface area contributed by atoms with Gasteiger partial charge in [0.25, 0.3) is 0 Å². The lowest BCUT2D eigenvalue weighted by molar-refractivity contribution is 0.513. The lowest BCUT2D eigenvalue weighted by Gasteiger charge is -2.19. The Balaban J connectivity index is 2.32. The largest absolute Gasteiger partial charge is 0.313 e. The van der Waals surface area contributed by atoms with Gasteiger partial charge in [-0.05, 0) is 44.2 Å². The number of halogens is 2. The maximum Gasteiger partial charge on any atom is 0.129 e. The predicted octanol–water partition coefficient (Wildman–Crippen LogP) is 3.17. The van der Waals surface area contributed by atoms with Crippen molar-refractivity contribution in [3.05, 3.63) is 65.0 Å². The highest BCUT2D eigenvalue weighted by molar-refractivity contribution is 5.27. The van der Waals surface area contributed by atoms with Crippen LogP contribution in [0.4, 0.5) is 8.78 Å². The van der Waals surface area contributed by atoms with Gasteiger partial charge in [-0.15, -0.1) is 0 Å². The highest BCUT2D eigenvalue weighted by Crippen LogP contribution is 2.23. The van der Waals surface area contributed by atoms with E-state index in [0.717, 1.165) is 11.3 Å². The third-order valence-electron chi connectivity index (χ3n) is 3.24. The Kier molecular flexibility index (Phi) is 4.22. The van der Waals surface area contributed by atoms with Gasteiger partial charge in [-0.3, -0.25) is 4.98 Å². The summed E-state index contributed by atoms with van der Waals surface area (Å²) in [4.78, 5) is 4.21. The smallest absolute Gasteiger partial charge is 0.129 e. The molecule has 1 N–H and O–H groups in total. The number of pyridine rings is 1. The molecule has 0 aliphatic heterocycles. The second-order valence-electron chi connectivity index (χ2n) is 4.42. The van der Waals surface area contributed by atoms with E-state index >= 15 is 0 Å². The average Bonchev–Trinajstić information content (AvgIpc) is 2.40. The standard InChI is InChI=1S/C15H16F2N2/c1-10-11(5-4-8-19-10)15(18-2)9-12-13(16)6-3-7-14(12)17/h3-8,15,18H,9H2,1-2H3. The van der Waals surface area contributed by atoms with E-state index in [9.17, 15) is 8.78 Å². The summed E-state index contributed by atoms with van der Waals surface area (Å²) in [6.07, 6.45) is 1.96. The summed E-state index contributed by atoms with van der Waals surface area (Å²) >= 11 is 0. The van der Waals surface area contributed by atoms with Gasteiger partial charge in [0.15, 0.2) is 0 Å². The summed E-state index contributed by atoms with van der Waals surface area (Å²) in [7, 11) is 1.77. The van der Waals surface area contributed by atoms with Crippen LogP contribution in [0.5, 0.6) is 0 Å². The molecule has 100 valence electrons. The Morgan fingerprint density at radius 2 is 1.84 bits per heavy atom. The molecule has 0 amide bonds. The molecule has 19 heavy (non-hydrogen) atoms. The number of hydrogen-bond acceptors (Lipinski definition) is 2. The van der Waals surface area contributed by atoms with Crippen molar-refractivity contribution < 1.29 is 8.78 Å². The van der Waals surface area contributed by atoms with Crippen molar-refractivity contribution in [3.63, 3.8) is 0 Å². The molecule has 0 bridgehead atoms. The molecule has 1 heterocycles. The van der Waals surface area contributed by atoms with Gasteiger partial charge in [0.1, 0.15) is 11.6 Å². The molecule has 0 saturated heterocycles. The van der Waals surface area contributed by atoms with E-state index in [1.54, 1.807) is 13.2 Å². The molecule has 0 fully saturated rings. The van der Waals surface area contributed by atoms with Crippen LogP contribution >= 0.6 is 0 Å². The number of nitrogens with zero attached hydrogens (tertiary/aromatic N) is 1. The Bertz CT molecular complexity index is 550. The van der Waals surface area contributed by atoms with Crippen molar-refractivity contribution in [2.75, 3.05) is 7.05 Å². The van der Waals surface area contributed by atoms with Crippen LogP contribution in [-0.4, -0.2) is 12.0 Å². The average molecular weight is 262 g/mol. The topological polar surface area (TPSA) is 24.9 Å². The van der Waals surface area contributed by atoms with Crippen LogP contribution in [0, 0.1) is 18.6 Å². The van der Waals surface area contributed by atoms with Gasteiger partial charge in [-0.1, -0.05) is 12.1 Å². The van der Waals surface area contributed by atoms with Gasteiger partial charge in [0.2, 0.25) is 0 Å². The van der Waals surface area contributed by atoms with Crippen LogP contribution in [0.25, 0.3) is 0 Å². The summed E-state index contributed by atoms with van der Waals surface area (Å²) in [6, 6.07) is 7.51. The molecule has 0 radical (unpaired) electrons. The molecule has 1 unspecified atom stereocenters. The highest BCUT2D eigenvalue weighted by Gasteiger charge is 2.17. The molecule has 2 nitrogen and oxygen atoms in total. The van der Waals surface area contributed by atoms with Crippen LogP contribution in [0.3, 0.4) is 0 Å². The quantitative estimate of drug-likeness (QED) is 0.915. The second-order valence-corrected chi connectivity index (χ2v) is 4.42. The Labute approximate surface area is 111 Å². The van der Waals surface area contributed by atoms with Gasteiger partial charge >= 0.3 is 0 Å². The van der Waals surface area contributed by atoms with E-state index in [-0.39, 0.29) is 18.0 Å². The third-order valence-corrected chi connectivity index (χ3v) is 3.24. The molecule has 1 aromatic heterocycles. The van der Waals surface area contributed by atoms with Gasteiger partial charge in [-0.25, -0.2) is 8.78 Å². The van der Waals surface area contributed by atoms with Crippen LogP contribution in [0.1, 0.15) is 22.9 Å². The first kappa shape index (κ1) is 13.6. The Morgan fingerprint density at radius 1 is 1.16 bits per heavy atom.